The lowest BCUT2D eigenvalue weighted by molar-refractivity contribution is 0.354. The summed E-state index contributed by atoms with van der Waals surface area (Å²) in [5.74, 6) is 0.447. The van der Waals surface area contributed by atoms with E-state index in [0.717, 1.165) is 12.1 Å². The Labute approximate surface area is 114 Å². The lowest BCUT2D eigenvalue weighted by Crippen LogP contribution is -2.43. The summed E-state index contributed by atoms with van der Waals surface area (Å²) in [6, 6.07) is 5.50. The number of nitrogens with two attached hydrogens (primary N) is 1. The first-order valence-electron chi connectivity index (χ1n) is 6.64. The van der Waals surface area contributed by atoms with Crippen molar-refractivity contribution >= 4 is 10.0 Å². The topological polar surface area (TPSA) is 76.3 Å². The highest BCUT2D eigenvalue weighted by Gasteiger charge is 2.37. The van der Waals surface area contributed by atoms with Crippen LogP contribution in [0.15, 0.2) is 24.4 Å². The van der Waals surface area contributed by atoms with E-state index >= 15 is 0 Å². The summed E-state index contributed by atoms with van der Waals surface area (Å²) in [7, 11) is -3.24. The van der Waals surface area contributed by atoms with Crippen LogP contribution in [0.2, 0.25) is 0 Å². The smallest absolute Gasteiger partial charge is 0.214 e. The van der Waals surface area contributed by atoms with Gasteiger partial charge in [-0.1, -0.05) is 13.0 Å². The second-order valence-corrected chi connectivity index (χ2v) is 7.11. The number of hydrogen-bond donors (Lipinski definition) is 1. The van der Waals surface area contributed by atoms with Crippen molar-refractivity contribution in [3.63, 3.8) is 0 Å². The van der Waals surface area contributed by atoms with Gasteiger partial charge in [0.25, 0.3) is 0 Å². The summed E-state index contributed by atoms with van der Waals surface area (Å²) in [6.45, 7) is 3.05. The molecule has 0 aliphatic carbocycles. The number of sulfonamides is 1. The number of pyridine rings is 1. The summed E-state index contributed by atoms with van der Waals surface area (Å²) < 4.78 is 26.3. The van der Waals surface area contributed by atoms with Gasteiger partial charge in [0.1, 0.15) is 0 Å². The highest BCUT2D eigenvalue weighted by atomic mass is 32.2. The maximum Gasteiger partial charge on any atom is 0.214 e. The summed E-state index contributed by atoms with van der Waals surface area (Å²) in [5.41, 5.74) is 6.51. The SMILES string of the molecule is CC1CCN(S(=O)(=O)CCc2ccccn2)C1CN. The van der Waals surface area contributed by atoms with Crippen molar-refractivity contribution < 1.29 is 8.42 Å². The van der Waals surface area contributed by atoms with Gasteiger partial charge >= 0.3 is 0 Å². The predicted octanol–water partition coefficient (Wildman–Crippen LogP) is 0.623. The fourth-order valence-electron chi connectivity index (χ4n) is 2.56. The molecule has 2 rings (SSSR count). The van der Waals surface area contributed by atoms with Gasteiger partial charge in [-0.2, -0.15) is 4.31 Å². The molecule has 1 aromatic heterocycles. The Morgan fingerprint density at radius 3 is 2.89 bits per heavy atom. The molecule has 2 unspecified atom stereocenters. The first kappa shape index (κ1) is 14.4. The molecule has 2 heterocycles. The monoisotopic (exact) mass is 283 g/mol. The Morgan fingerprint density at radius 2 is 2.26 bits per heavy atom. The quantitative estimate of drug-likeness (QED) is 0.859. The van der Waals surface area contributed by atoms with E-state index in [-0.39, 0.29) is 11.8 Å². The lowest BCUT2D eigenvalue weighted by Gasteiger charge is -2.24. The van der Waals surface area contributed by atoms with Gasteiger partial charge in [0.05, 0.1) is 5.75 Å². The Balaban J connectivity index is 2.03. The molecule has 1 fully saturated rings. The molecule has 2 N–H and O–H groups in total. The van der Waals surface area contributed by atoms with E-state index in [2.05, 4.69) is 11.9 Å². The minimum absolute atomic E-state index is 0.0475. The normalized spacial score (nSPS) is 24.7. The molecule has 0 bridgehead atoms. The number of aryl methyl sites for hydroxylation is 1. The second-order valence-electron chi connectivity index (χ2n) is 5.07. The molecule has 1 aliphatic heterocycles. The van der Waals surface area contributed by atoms with Crippen molar-refractivity contribution in [3.8, 4) is 0 Å². The van der Waals surface area contributed by atoms with E-state index in [1.165, 1.54) is 0 Å². The van der Waals surface area contributed by atoms with Gasteiger partial charge in [-0.3, -0.25) is 4.98 Å². The van der Waals surface area contributed by atoms with Gasteiger partial charge < -0.3 is 5.73 Å². The predicted molar refractivity (Wildman–Crippen MR) is 75.1 cm³/mol. The van der Waals surface area contributed by atoms with Crippen molar-refractivity contribution in [1.82, 2.24) is 9.29 Å². The van der Waals surface area contributed by atoms with Crippen LogP contribution in [0.5, 0.6) is 0 Å². The lowest BCUT2D eigenvalue weighted by atomic mass is 10.0. The molecular formula is C13H21N3O2S. The average Bonchev–Trinajstić information content (AvgIpc) is 2.79. The molecule has 0 saturated carbocycles. The molecule has 0 aromatic carbocycles. The maximum absolute atomic E-state index is 12.4. The minimum Gasteiger partial charge on any atom is -0.329 e. The number of hydrogen-bond acceptors (Lipinski definition) is 4. The van der Waals surface area contributed by atoms with Crippen molar-refractivity contribution in [2.75, 3.05) is 18.8 Å². The number of nitrogens with zero attached hydrogens (tertiary/aromatic N) is 2. The van der Waals surface area contributed by atoms with Crippen LogP contribution < -0.4 is 5.73 Å². The molecule has 0 spiro atoms. The van der Waals surface area contributed by atoms with Crippen LogP contribution in [0.4, 0.5) is 0 Å². The number of aromatic nitrogens is 1. The van der Waals surface area contributed by atoms with Gasteiger partial charge in [0, 0.05) is 37.4 Å². The van der Waals surface area contributed by atoms with E-state index < -0.39 is 10.0 Å². The molecule has 2 atom stereocenters. The zero-order valence-electron chi connectivity index (χ0n) is 11.2. The highest BCUT2D eigenvalue weighted by molar-refractivity contribution is 7.89. The minimum atomic E-state index is -3.24. The van der Waals surface area contributed by atoms with Crippen LogP contribution in [-0.2, 0) is 16.4 Å². The standard InChI is InChI=1S/C13H21N3O2S/c1-11-5-8-16(13(11)10-14)19(17,18)9-6-12-4-2-3-7-15-12/h2-4,7,11,13H,5-6,8-10,14H2,1H3. The Morgan fingerprint density at radius 1 is 1.47 bits per heavy atom. The van der Waals surface area contributed by atoms with Gasteiger partial charge in [0.15, 0.2) is 0 Å². The summed E-state index contributed by atoms with van der Waals surface area (Å²) in [6.07, 6.45) is 3.03. The van der Waals surface area contributed by atoms with Crippen LogP contribution >= 0.6 is 0 Å². The van der Waals surface area contributed by atoms with Crippen LogP contribution in [0.1, 0.15) is 19.0 Å². The molecule has 0 amide bonds. The van der Waals surface area contributed by atoms with Gasteiger partial charge in [-0.25, -0.2) is 8.42 Å². The molecule has 5 nitrogen and oxygen atoms in total. The van der Waals surface area contributed by atoms with Gasteiger partial charge in [-0.15, -0.1) is 0 Å². The van der Waals surface area contributed by atoms with Crippen LogP contribution in [0, 0.1) is 5.92 Å². The summed E-state index contributed by atoms with van der Waals surface area (Å²) >= 11 is 0. The van der Waals surface area contributed by atoms with Crippen LogP contribution in [0.25, 0.3) is 0 Å². The zero-order chi connectivity index (χ0) is 13.9. The molecule has 6 heteroatoms. The van der Waals surface area contributed by atoms with Crippen molar-refractivity contribution in [3.05, 3.63) is 30.1 Å². The fraction of sp³-hybridized carbons (Fsp3) is 0.615. The van der Waals surface area contributed by atoms with Crippen LogP contribution in [-0.4, -0.2) is 42.6 Å². The summed E-state index contributed by atoms with van der Waals surface area (Å²) in [4.78, 5) is 4.15. The zero-order valence-corrected chi connectivity index (χ0v) is 12.0. The molecular weight excluding hydrogens is 262 g/mol. The van der Waals surface area contributed by atoms with E-state index in [1.807, 2.05) is 18.2 Å². The molecule has 1 aromatic rings. The molecule has 0 radical (unpaired) electrons. The Hall–Kier alpha value is -0.980. The van der Waals surface area contributed by atoms with Crippen molar-refractivity contribution in [1.29, 1.82) is 0 Å². The van der Waals surface area contributed by atoms with Crippen molar-refractivity contribution in [2.45, 2.75) is 25.8 Å². The van der Waals surface area contributed by atoms with Crippen LogP contribution in [0.3, 0.4) is 0 Å². The van der Waals surface area contributed by atoms with Gasteiger partial charge in [0.2, 0.25) is 10.0 Å². The van der Waals surface area contributed by atoms with Crippen molar-refractivity contribution in [2.24, 2.45) is 11.7 Å². The third kappa shape index (κ3) is 3.32. The first-order valence-corrected chi connectivity index (χ1v) is 8.25. The Bertz CT molecular complexity index is 504. The molecule has 1 aliphatic rings. The van der Waals surface area contributed by atoms with E-state index in [9.17, 15) is 8.42 Å². The molecule has 106 valence electrons. The summed E-state index contributed by atoms with van der Waals surface area (Å²) in [5, 5.41) is 0. The number of rotatable bonds is 5. The molecule has 19 heavy (non-hydrogen) atoms. The average molecular weight is 283 g/mol. The first-order chi connectivity index (χ1) is 9.04. The van der Waals surface area contributed by atoms with E-state index in [1.54, 1.807) is 10.5 Å². The van der Waals surface area contributed by atoms with Gasteiger partial charge in [-0.05, 0) is 24.5 Å². The highest BCUT2D eigenvalue weighted by Crippen LogP contribution is 2.26. The van der Waals surface area contributed by atoms with E-state index in [0.29, 0.717) is 25.4 Å². The third-order valence-corrected chi connectivity index (χ3v) is 5.66. The maximum atomic E-state index is 12.4. The largest absolute Gasteiger partial charge is 0.329 e. The van der Waals surface area contributed by atoms with E-state index in [4.69, 9.17) is 5.73 Å². The third-order valence-electron chi connectivity index (χ3n) is 3.77. The second kappa shape index (κ2) is 5.98. The molecule has 1 saturated heterocycles. The fourth-order valence-corrected chi connectivity index (χ4v) is 4.36. The Kier molecular flexibility index (Phi) is 4.54.